The van der Waals surface area contributed by atoms with Crippen LogP contribution in [0.3, 0.4) is 0 Å². The highest BCUT2D eigenvalue weighted by Gasteiger charge is 2.21. The number of thioether (sulfide) groups is 1. The third-order valence-corrected chi connectivity index (χ3v) is 6.30. The lowest BCUT2D eigenvalue weighted by atomic mass is 10.2. The molecule has 1 saturated heterocycles. The van der Waals surface area contributed by atoms with E-state index >= 15 is 0 Å². The van der Waals surface area contributed by atoms with Crippen LogP contribution in [0.1, 0.15) is 34.6 Å². The summed E-state index contributed by atoms with van der Waals surface area (Å²) < 4.78 is 9.54. The van der Waals surface area contributed by atoms with Crippen LogP contribution >= 0.6 is 23.4 Å². The molecule has 0 aliphatic carbocycles. The number of Topliss-reactive ketones (excluding diaryl/α,β-unsaturated/α-hetero) is 1. The number of ketones is 1. The summed E-state index contributed by atoms with van der Waals surface area (Å²) in [6.45, 7) is 5.66. The van der Waals surface area contributed by atoms with Crippen molar-refractivity contribution in [2.75, 3.05) is 12.4 Å². The van der Waals surface area contributed by atoms with E-state index in [2.05, 4.69) is 20.1 Å². The Balaban J connectivity index is 1.46. The van der Waals surface area contributed by atoms with Crippen LogP contribution in [0, 0.1) is 13.8 Å². The fourth-order valence-electron chi connectivity index (χ4n) is 3.58. The normalized spacial score (nSPS) is 16.4. The first-order valence-electron chi connectivity index (χ1n) is 9.51. The molecule has 152 valence electrons. The zero-order valence-electron chi connectivity index (χ0n) is 16.3. The monoisotopic (exact) mass is 431 g/mol. The maximum Gasteiger partial charge on any atom is 0.214 e. The minimum absolute atomic E-state index is 0.0624. The molecular formula is C20H22ClN5O2S. The lowest BCUT2D eigenvalue weighted by molar-refractivity contribution is 0.0957. The van der Waals surface area contributed by atoms with E-state index in [1.54, 1.807) is 16.8 Å². The zero-order chi connectivity index (χ0) is 20.4. The standard InChI is InChI=1S/C20H22ClN5O2S/c1-13-10-18(14(2)25(13)11-17-4-3-9-28-17)19(27)12-29-20-22-23-24-26(20)16-7-5-15(21)6-8-16/h5-8,10,17H,3-4,9,11-12H2,1-2H3/t17-/m0/s1. The number of aryl methyl sites for hydroxylation is 1. The van der Waals surface area contributed by atoms with Crippen LogP contribution in [0.25, 0.3) is 5.69 Å². The molecule has 9 heteroatoms. The second kappa shape index (κ2) is 8.69. The SMILES string of the molecule is Cc1cc(C(=O)CSc2nnnn2-c2ccc(Cl)cc2)c(C)n1C[C@@H]1CCCO1. The molecule has 4 rings (SSSR count). The number of aromatic nitrogens is 5. The smallest absolute Gasteiger partial charge is 0.214 e. The Morgan fingerprint density at radius 3 is 2.83 bits per heavy atom. The van der Waals surface area contributed by atoms with Crippen LogP contribution in [0.4, 0.5) is 0 Å². The van der Waals surface area contributed by atoms with Crippen LogP contribution in [-0.4, -0.2) is 49.0 Å². The number of halogens is 1. The lowest BCUT2D eigenvalue weighted by Crippen LogP contribution is -2.17. The van der Waals surface area contributed by atoms with Gasteiger partial charge in [-0.2, -0.15) is 4.68 Å². The Hall–Kier alpha value is -2.16. The molecule has 7 nitrogen and oxygen atoms in total. The molecule has 1 aromatic carbocycles. The molecule has 0 unspecified atom stereocenters. The molecule has 0 saturated carbocycles. The molecule has 1 aliphatic rings. The minimum atomic E-state index is 0.0624. The number of carbonyl (C=O) groups excluding carboxylic acids is 1. The van der Waals surface area contributed by atoms with Crippen molar-refractivity contribution in [2.24, 2.45) is 0 Å². The molecule has 1 aliphatic heterocycles. The first kappa shape index (κ1) is 20.1. The Bertz CT molecular complexity index is 1010. The van der Waals surface area contributed by atoms with Crippen molar-refractivity contribution < 1.29 is 9.53 Å². The summed E-state index contributed by atoms with van der Waals surface area (Å²) in [6, 6.07) is 9.20. The molecule has 0 bridgehead atoms. The summed E-state index contributed by atoms with van der Waals surface area (Å²) in [6.07, 6.45) is 2.42. The van der Waals surface area contributed by atoms with Crippen molar-refractivity contribution in [1.29, 1.82) is 0 Å². The van der Waals surface area contributed by atoms with E-state index in [-0.39, 0.29) is 17.6 Å². The van der Waals surface area contributed by atoms with E-state index in [1.165, 1.54) is 11.8 Å². The molecule has 29 heavy (non-hydrogen) atoms. The topological polar surface area (TPSA) is 74.8 Å². The fraction of sp³-hybridized carbons (Fsp3) is 0.400. The van der Waals surface area contributed by atoms with Gasteiger partial charge in [0.1, 0.15) is 0 Å². The van der Waals surface area contributed by atoms with E-state index in [1.807, 2.05) is 32.0 Å². The van der Waals surface area contributed by atoms with E-state index in [9.17, 15) is 4.79 Å². The van der Waals surface area contributed by atoms with Gasteiger partial charge < -0.3 is 9.30 Å². The predicted octanol–water partition coefficient (Wildman–Crippen LogP) is 3.89. The molecule has 3 heterocycles. The van der Waals surface area contributed by atoms with Crippen LogP contribution < -0.4 is 0 Å². The molecule has 0 N–H and O–H groups in total. The Morgan fingerprint density at radius 1 is 1.31 bits per heavy atom. The number of hydrogen-bond acceptors (Lipinski definition) is 6. The quantitative estimate of drug-likeness (QED) is 0.417. The number of carbonyl (C=O) groups is 1. The molecule has 2 aromatic heterocycles. The molecule has 0 amide bonds. The zero-order valence-corrected chi connectivity index (χ0v) is 17.9. The van der Waals surface area contributed by atoms with Crippen LogP contribution in [-0.2, 0) is 11.3 Å². The van der Waals surface area contributed by atoms with E-state index in [0.717, 1.165) is 48.6 Å². The van der Waals surface area contributed by atoms with Crippen LogP contribution in [0.15, 0.2) is 35.5 Å². The highest BCUT2D eigenvalue weighted by atomic mass is 35.5. The van der Waals surface area contributed by atoms with Gasteiger partial charge in [0.25, 0.3) is 0 Å². The summed E-state index contributed by atoms with van der Waals surface area (Å²) in [7, 11) is 0. The largest absolute Gasteiger partial charge is 0.376 e. The van der Waals surface area contributed by atoms with Crippen molar-refractivity contribution in [2.45, 2.75) is 44.5 Å². The fourth-order valence-corrected chi connectivity index (χ4v) is 4.48. The van der Waals surface area contributed by atoms with Gasteiger partial charge in [-0.25, -0.2) is 0 Å². The van der Waals surface area contributed by atoms with Crippen molar-refractivity contribution in [1.82, 2.24) is 24.8 Å². The molecular weight excluding hydrogens is 410 g/mol. The van der Waals surface area contributed by atoms with Gasteiger partial charge >= 0.3 is 0 Å². The average molecular weight is 432 g/mol. The average Bonchev–Trinajstić information content (AvgIpc) is 3.45. The van der Waals surface area contributed by atoms with Crippen molar-refractivity contribution >= 4 is 29.1 Å². The van der Waals surface area contributed by atoms with Gasteiger partial charge in [0.15, 0.2) is 5.78 Å². The maximum absolute atomic E-state index is 12.9. The van der Waals surface area contributed by atoms with Gasteiger partial charge in [0.05, 0.1) is 17.5 Å². The van der Waals surface area contributed by atoms with Gasteiger partial charge in [-0.15, -0.1) is 5.10 Å². The third-order valence-electron chi connectivity index (χ3n) is 5.13. The van der Waals surface area contributed by atoms with Gasteiger partial charge in [-0.1, -0.05) is 23.4 Å². The molecule has 3 aromatic rings. The maximum atomic E-state index is 12.9. The van der Waals surface area contributed by atoms with Gasteiger partial charge in [-0.05, 0) is 67.4 Å². The van der Waals surface area contributed by atoms with Gasteiger partial charge in [0, 0.05) is 35.1 Å². The van der Waals surface area contributed by atoms with Gasteiger partial charge in [-0.3, -0.25) is 4.79 Å². The first-order valence-corrected chi connectivity index (χ1v) is 10.9. The van der Waals surface area contributed by atoms with Crippen molar-refractivity contribution in [3.8, 4) is 5.69 Å². The number of hydrogen-bond donors (Lipinski definition) is 0. The van der Waals surface area contributed by atoms with E-state index < -0.39 is 0 Å². The second-order valence-electron chi connectivity index (χ2n) is 7.09. The molecule has 1 atom stereocenters. The number of tetrazole rings is 1. The molecule has 0 radical (unpaired) electrons. The van der Waals surface area contributed by atoms with Crippen molar-refractivity contribution in [3.05, 3.63) is 52.3 Å². The number of nitrogens with zero attached hydrogens (tertiary/aromatic N) is 5. The number of rotatable bonds is 7. The van der Waals surface area contributed by atoms with Crippen LogP contribution in [0.5, 0.6) is 0 Å². The summed E-state index contributed by atoms with van der Waals surface area (Å²) in [4.78, 5) is 12.9. The molecule has 0 spiro atoms. The van der Waals surface area contributed by atoms with E-state index in [0.29, 0.717) is 10.2 Å². The lowest BCUT2D eigenvalue weighted by Gasteiger charge is -2.14. The highest BCUT2D eigenvalue weighted by Crippen LogP contribution is 2.24. The number of benzene rings is 1. The second-order valence-corrected chi connectivity index (χ2v) is 8.47. The van der Waals surface area contributed by atoms with Crippen molar-refractivity contribution in [3.63, 3.8) is 0 Å². The van der Waals surface area contributed by atoms with Gasteiger partial charge in [0.2, 0.25) is 5.16 Å². The Labute approximate surface area is 178 Å². The van der Waals surface area contributed by atoms with E-state index in [4.69, 9.17) is 16.3 Å². The minimum Gasteiger partial charge on any atom is -0.376 e. The summed E-state index contributed by atoms with van der Waals surface area (Å²) in [5, 5.41) is 13.0. The Kier molecular flexibility index (Phi) is 6.03. The summed E-state index contributed by atoms with van der Waals surface area (Å²) in [5.74, 6) is 0.324. The predicted molar refractivity (Wildman–Crippen MR) is 112 cm³/mol. The summed E-state index contributed by atoms with van der Waals surface area (Å²) >= 11 is 7.27. The Morgan fingerprint density at radius 2 is 2.10 bits per heavy atom. The van der Waals surface area contributed by atoms with Crippen LogP contribution in [0.2, 0.25) is 5.02 Å². The number of ether oxygens (including phenoxy) is 1. The highest BCUT2D eigenvalue weighted by molar-refractivity contribution is 7.99. The molecule has 1 fully saturated rings. The third kappa shape index (κ3) is 4.39. The first-order chi connectivity index (χ1) is 14.0. The summed E-state index contributed by atoms with van der Waals surface area (Å²) in [5.41, 5.74) is 3.61.